The number of likely N-dealkylation sites (N-methyl/N-ethyl adjacent to an activating group) is 1. The highest BCUT2D eigenvalue weighted by Crippen LogP contribution is 2.31. The average Bonchev–Trinajstić information content (AvgIpc) is 2.90. The molecule has 8 heteroatoms. The molecule has 2 aromatic carbocycles. The van der Waals surface area contributed by atoms with Gasteiger partial charge in [0.2, 0.25) is 0 Å². The SMILES string of the molecule is CN1C(=O)/C(=C/c2ccc(C(=O)Nc3ccc(CC(=O)O)cc3)cc2)SC1=S. The number of carboxylic acids is 1. The van der Waals surface area contributed by atoms with Gasteiger partial charge in [-0.2, -0.15) is 0 Å². The Bertz CT molecular complexity index is 982. The van der Waals surface area contributed by atoms with Gasteiger partial charge in [-0.05, 0) is 41.5 Å². The number of nitrogens with one attached hydrogen (secondary N) is 1. The van der Waals surface area contributed by atoms with Gasteiger partial charge in [-0.15, -0.1) is 0 Å². The lowest BCUT2D eigenvalue weighted by Gasteiger charge is -2.07. The Hall–Kier alpha value is -2.97. The van der Waals surface area contributed by atoms with Gasteiger partial charge in [-0.1, -0.05) is 48.2 Å². The van der Waals surface area contributed by atoms with Crippen molar-refractivity contribution in [2.75, 3.05) is 12.4 Å². The van der Waals surface area contributed by atoms with Crippen molar-refractivity contribution in [3.05, 3.63) is 70.1 Å². The highest BCUT2D eigenvalue weighted by Gasteiger charge is 2.28. The number of amides is 2. The summed E-state index contributed by atoms with van der Waals surface area (Å²) in [6.45, 7) is 0. The quantitative estimate of drug-likeness (QED) is 0.578. The van der Waals surface area contributed by atoms with Crippen LogP contribution in [0.15, 0.2) is 53.4 Å². The third-order valence-corrected chi connectivity index (χ3v) is 5.51. The van der Waals surface area contributed by atoms with Gasteiger partial charge in [0.05, 0.1) is 11.3 Å². The zero-order chi connectivity index (χ0) is 20.3. The molecule has 0 aliphatic carbocycles. The molecule has 142 valence electrons. The van der Waals surface area contributed by atoms with E-state index in [4.69, 9.17) is 17.3 Å². The fourth-order valence-corrected chi connectivity index (χ4v) is 3.69. The summed E-state index contributed by atoms with van der Waals surface area (Å²) in [7, 11) is 1.64. The molecule has 0 saturated carbocycles. The topological polar surface area (TPSA) is 86.7 Å². The second-order valence-corrected chi connectivity index (χ2v) is 7.76. The summed E-state index contributed by atoms with van der Waals surface area (Å²) in [6.07, 6.45) is 1.68. The number of nitrogens with zero attached hydrogens (tertiary/aromatic N) is 1. The molecule has 1 saturated heterocycles. The van der Waals surface area contributed by atoms with E-state index < -0.39 is 5.97 Å². The van der Waals surface area contributed by atoms with Gasteiger partial charge in [0.1, 0.15) is 4.32 Å². The fourth-order valence-electron chi connectivity index (χ4n) is 2.51. The first-order valence-corrected chi connectivity index (χ1v) is 9.49. The first kappa shape index (κ1) is 19.8. The van der Waals surface area contributed by atoms with Crippen molar-refractivity contribution in [3.8, 4) is 0 Å². The van der Waals surface area contributed by atoms with Crippen LogP contribution in [0.25, 0.3) is 6.08 Å². The van der Waals surface area contributed by atoms with Crippen molar-refractivity contribution in [1.29, 1.82) is 0 Å². The molecule has 2 aromatic rings. The Morgan fingerprint density at radius 3 is 2.32 bits per heavy atom. The first-order valence-electron chi connectivity index (χ1n) is 8.27. The maximum Gasteiger partial charge on any atom is 0.307 e. The van der Waals surface area contributed by atoms with Crippen LogP contribution in [0.5, 0.6) is 0 Å². The van der Waals surface area contributed by atoms with Gasteiger partial charge in [0, 0.05) is 18.3 Å². The summed E-state index contributed by atoms with van der Waals surface area (Å²) < 4.78 is 0.515. The molecule has 28 heavy (non-hydrogen) atoms. The lowest BCUT2D eigenvalue weighted by Crippen LogP contribution is -2.22. The van der Waals surface area contributed by atoms with Gasteiger partial charge in [0.25, 0.3) is 11.8 Å². The minimum absolute atomic E-state index is 0.0630. The molecule has 0 radical (unpaired) electrons. The average molecular weight is 412 g/mol. The van der Waals surface area contributed by atoms with E-state index in [0.717, 1.165) is 5.56 Å². The number of thioether (sulfide) groups is 1. The molecule has 6 nitrogen and oxygen atoms in total. The van der Waals surface area contributed by atoms with Crippen molar-refractivity contribution in [2.24, 2.45) is 0 Å². The molecule has 1 aliphatic heterocycles. The molecule has 2 amide bonds. The summed E-state index contributed by atoms with van der Waals surface area (Å²) in [5.41, 5.74) is 2.50. The predicted octanol–water partition coefficient (Wildman–Crippen LogP) is 3.40. The molecule has 1 heterocycles. The molecule has 3 rings (SSSR count). The molecule has 2 N–H and O–H groups in total. The van der Waals surface area contributed by atoms with Gasteiger partial charge in [-0.3, -0.25) is 19.3 Å². The van der Waals surface area contributed by atoms with Crippen LogP contribution >= 0.6 is 24.0 Å². The fraction of sp³-hybridized carbons (Fsp3) is 0.100. The molecule has 1 fully saturated rings. The third kappa shape index (κ3) is 4.65. The summed E-state index contributed by atoms with van der Waals surface area (Å²) in [6, 6.07) is 13.5. The van der Waals surface area contributed by atoms with Crippen LogP contribution in [0.4, 0.5) is 5.69 Å². The highest BCUT2D eigenvalue weighted by molar-refractivity contribution is 8.26. The maximum atomic E-state index is 12.4. The molecule has 1 aliphatic rings. The van der Waals surface area contributed by atoms with E-state index in [2.05, 4.69) is 5.32 Å². The third-order valence-electron chi connectivity index (χ3n) is 4.02. The highest BCUT2D eigenvalue weighted by atomic mass is 32.2. The summed E-state index contributed by atoms with van der Waals surface area (Å²) >= 11 is 6.35. The van der Waals surface area contributed by atoms with Crippen molar-refractivity contribution in [3.63, 3.8) is 0 Å². The van der Waals surface area contributed by atoms with E-state index in [1.807, 2.05) is 0 Å². The van der Waals surface area contributed by atoms with Gasteiger partial charge in [0.15, 0.2) is 0 Å². The second kappa shape index (κ2) is 8.37. The number of benzene rings is 2. The smallest absolute Gasteiger partial charge is 0.307 e. The lowest BCUT2D eigenvalue weighted by molar-refractivity contribution is -0.136. The number of carboxylic acid groups (broad SMARTS) is 1. The summed E-state index contributed by atoms with van der Waals surface area (Å²) in [5.74, 6) is -1.32. The monoisotopic (exact) mass is 412 g/mol. The number of anilines is 1. The number of thiocarbonyl (C=S) groups is 1. The number of carbonyl (C=O) groups excluding carboxylic acids is 2. The van der Waals surface area contributed by atoms with Crippen LogP contribution in [0.2, 0.25) is 0 Å². The van der Waals surface area contributed by atoms with Crippen LogP contribution in [-0.2, 0) is 16.0 Å². The Morgan fingerprint density at radius 2 is 1.79 bits per heavy atom. The minimum Gasteiger partial charge on any atom is -0.481 e. The second-order valence-electron chi connectivity index (χ2n) is 6.08. The largest absolute Gasteiger partial charge is 0.481 e. The summed E-state index contributed by atoms with van der Waals surface area (Å²) in [5, 5.41) is 11.5. The standard InChI is InChI=1S/C20H16N2O4S2/c1-22-19(26)16(28-20(22)27)10-12-2-6-14(7-3-12)18(25)21-15-8-4-13(5-9-15)11-17(23)24/h2-10H,11H2,1H3,(H,21,25)(H,23,24)/b16-10-. The summed E-state index contributed by atoms with van der Waals surface area (Å²) in [4.78, 5) is 37.1. The number of carbonyl (C=O) groups is 3. The van der Waals surface area contributed by atoms with Crippen LogP contribution in [-0.4, -0.2) is 39.2 Å². The van der Waals surface area contributed by atoms with Crippen molar-refractivity contribution in [2.45, 2.75) is 6.42 Å². The normalized spacial score (nSPS) is 15.2. The van der Waals surface area contributed by atoms with E-state index in [1.54, 1.807) is 61.7 Å². The van der Waals surface area contributed by atoms with Gasteiger partial charge < -0.3 is 10.4 Å². The zero-order valence-electron chi connectivity index (χ0n) is 14.8. The van der Waals surface area contributed by atoms with E-state index in [0.29, 0.717) is 26.0 Å². The molecule has 0 spiro atoms. The Labute approximate surface area is 171 Å². The maximum absolute atomic E-state index is 12.4. The predicted molar refractivity (Wildman–Crippen MR) is 113 cm³/mol. The van der Waals surface area contributed by atoms with Crippen molar-refractivity contribution in [1.82, 2.24) is 4.90 Å². The lowest BCUT2D eigenvalue weighted by atomic mass is 10.1. The Morgan fingerprint density at radius 1 is 1.14 bits per heavy atom. The van der Waals surface area contributed by atoms with Crippen molar-refractivity contribution < 1.29 is 19.5 Å². The number of rotatable bonds is 5. The van der Waals surface area contributed by atoms with Crippen LogP contribution in [0, 0.1) is 0 Å². The van der Waals surface area contributed by atoms with Crippen molar-refractivity contribution >= 4 is 57.8 Å². The van der Waals surface area contributed by atoms with Crippen LogP contribution in [0.1, 0.15) is 21.5 Å². The first-order chi connectivity index (χ1) is 13.3. The number of aliphatic carboxylic acids is 1. The zero-order valence-corrected chi connectivity index (χ0v) is 16.5. The van der Waals surface area contributed by atoms with E-state index in [9.17, 15) is 14.4 Å². The molecule has 0 aromatic heterocycles. The van der Waals surface area contributed by atoms with E-state index in [-0.39, 0.29) is 18.2 Å². The van der Waals surface area contributed by atoms with E-state index >= 15 is 0 Å². The van der Waals surface area contributed by atoms with Gasteiger partial charge >= 0.3 is 5.97 Å². The van der Waals surface area contributed by atoms with E-state index in [1.165, 1.54) is 16.7 Å². The molecular formula is C20H16N2O4S2. The minimum atomic E-state index is -0.905. The molecule has 0 atom stereocenters. The molecule has 0 unspecified atom stereocenters. The number of hydrogen-bond donors (Lipinski definition) is 2. The Kier molecular flexibility index (Phi) is 5.91. The number of hydrogen-bond acceptors (Lipinski definition) is 5. The van der Waals surface area contributed by atoms with Gasteiger partial charge in [-0.25, -0.2) is 0 Å². The molecular weight excluding hydrogens is 396 g/mol. The Balaban J connectivity index is 1.66. The van der Waals surface area contributed by atoms with Crippen LogP contribution < -0.4 is 5.32 Å². The molecule has 0 bridgehead atoms. The van der Waals surface area contributed by atoms with Crippen LogP contribution in [0.3, 0.4) is 0 Å².